The first-order valence-electron chi connectivity index (χ1n) is 5.96. The first-order valence-corrected chi connectivity index (χ1v) is 5.96. The molecule has 0 fully saturated rings. The molecule has 0 spiro atoms. The van der Waals surface area contributed by atoms with E-state index in [4.69, 9.17) is 0 Å². The highest BCUT2D eigenvalue weighted by Gasteiger charge is 2.02. The van der Waals surface area contributed by atoms with E-state index < -0.39 is 0 Å². The average Bonchev–Trinajstić information content (AvgIpc) is 2.91. The summed E-state index contributed by atoms with van der Waals surface area (Å²) in [5.41, 5.74) is 2.26. The highest BCUT2D eigenvalue weighted by Crippen LogP contribution is 2.02. The quantitative estimate of drug-likeness (QED) is 0.762. The fourth-order valence-corrected chi connectivity index (χ4v) is 1.70. The Bertz CT molecular complexity index is 457. The first kappa shape index (κ1) is 11.9. The van der Waals surface area contributed by atoms with Crippen LogP contribution in [-0.4, -0.2) is 25.6 Å². The normalized spacial score (nSPS) is 10.9. The topological polar surface area (TPSA) is 47.7 Å². The predicted octanol–water partition coefficient (Wildman–Crippen LogP) is 1.16. The molecule has 0 radical (unpaired) electrons. The number of hydrogen-bond donors (Lipinski definition) is 1. The van der Waals surface area contributed by atoms with Crippen molar-refractivity contribution < 1.29 is 0 Å². The minimum atomic E-state index is 0.817. The molecule has 0 unspecified atom stereocenters. The van der Waals surface area contributed by atoms with Crippen molar-refractivity contribution in [2.75, 3.05) is 6.54 Å². The molecule has 2 heterocycles. The molecule has 17 heavy (non-hydrogen) atoms. The molecule has 2 rings (SSSR count). The number of nitrogens with zero attached hydrogens (tertiary/aromatic N) is 4. The summed E-state index contributed by atoms with van der Waals surface area (Å²) in [6.45, 7) is 4.85. The molecule has 5 nitrogen and oxygen atoms in total. The third-order valence-electron chi connectivity index (χ3n) is 2.68. The van der Waals surface area contributed by atoms with Crippen molar-refractivity contribution in [2.45, 2.75) is 26.4 Å². The minimum Gasteiger partial charge on any atom is -0.336 e. The zero-order valence-corrected chi connectivity index (χ0v) is 10.4. The largest absolute Gasteiger partial charge is 0.336 e. The van der Waals surface area contributed by atoms with Crippen molar-refractivity contribution in [2.24, 2.45) is 7.05 Å². The molecule has 0 amide bonds. The van der Waals surface area contributed by atoms with Gasteiger partial charge in [0, 0.05) is 26.0 Å². The maximum absolute atomic E-state index is 4.37. The van der Waals surface area contributed by atoms with E-state index in [-0.39, 0.29) is 0 Å². The Hall–Kier alpha value is -1.62. The van der Waals surface area contributed by atoms with Crippen LogP contribution in [0.1, 0.15) is 24.7 Å². The van der Waals surface area contributed by atoms with Gasteiger partial charge in [-0.2, -0.15) is 0 Å². The maximum atomic E-state index is 4.37. The fraction of sp³-hybridized carbons (Fsp3) is 0.500. The van der Waals surface area contributed by atoms with Crippen LogP contribution in [-0.2, 0) is 20.1 Å². The van der Waals surface area contributed by atoms with Crippen LogP contribution in [0.4, 0.5) is 0 Å². The van der Waals surface area contributed by atoms with Crippen LogP contribution in [0.2, 0.25) is 0 Å². The van der Waals surface area contributed by atoms with Gasteiger partial charge in [-0.3, -0.25) is 0 Å². The third-order valence-corrected chi connectivity index (χ3v) is 2.68. The van der Waals surface area contributed by atoms with Gasteiger partial charge in [0.2, 0.25) is 0 Å². The highest BCUT2D eigenvalue weighted by atomic mass is 15.1. The standard InChI is InChI=1S/C12H19N5/c1-3-4-13-5-11-7-17(10-15-11)8-12-6-14-9-16(12)2/h6-7,9-10,13H,3-5,8H2,1-2H3. The van der Waals surface area contributed by atoms with Crippen LogP contribution < -0.4 is 5.32 Å². The Balaban J connectivity index is 1.92. The number of aryl methyl sites for hydroxylation is 1. The Morgan fingerprint density at radius 1 is 1.35 bits per heavy atom. The van der Waals surface area contributed by atoms with Gasteiger partial charge in [0.1, 0.15) is 0 Å². The van der Waals surface area contributed by atoms with Crippen molar-refractivity contribution in [3.05, 3.63) is 36.4 Å². The van der Waals surface area contributed by atoms with Gasteiger partial charge in [-0.25, -0.2) is 9.97 Å². The summed E-state index contributed by atoms with van der Waals surface area (Å²) >= 11 is 0. The van der Waals surface area contributed by atoms with Gasteiger partial charge in [0.15, 0.2) is 0 Å². The number of hydrogen-bond acceptors (Lipinski definition) is 3. The molecule has 92 valence electrons. The molecule has 0 aliphatic carbocycles. The molecule has 0 aliphatic rings. The van der Waals surface area contributed by atoms with Gasteiger partial charge in [0.25, 0.3) is 0 Å². The molecule has 0 atom stereocenters. The summed E-state index contributed by atoms with van der Waals surface area (Å²) in [6, 6.07) is 0. The zero-order chi connectivity index (χ0) is 12.1. The lowest BCUT2D eigenvalue weighted by Gasteiger charge is -2.02. The fourth-order valence-electron chi connectivity index (χ4n) is 1.70. The number of imidazole rings is 2. The summed E-state index contributed by atoms with van der Waals surface area (Å²) in [4.78, 5) is 8.47. The molecule has 0 aromatic carbocycles. The summed E-state index contributed by atoms with van der Waals surface area (Å²) < 4.78 is 4.11. The van der Waals surface area contributed by atoms with Gasteiger partial charge < -0.3 is 14.5 Å². The van der Waals surface area contributed by atoms with E-state index in [0.29, 0.717) is 0 Å². The highest BCUT2D eigenvalue weighted by molar-refractivity contribution is 5.02. The Labute approximate surface area is 102 Å². The van der Waals surface area contributed by atoms with Crippen LogP contribution in [0, 0.1) is 0 Å². The summed E-state index contributed by atoms with van der Waals surface area (Å²) in [6.07, 6.45) is 8.80. The number of rotatable bonds is 6. The van der Waals surface area contributed by atoms with E-state index in [9.17, 15) is 0 Å². The van der Waals surface area contributed by atoms with E-state index in [1.165, 1.54) is 5.69 Å². The molecule has 0 saturated carbocycles. The Morgan fingerprint density at radius 3 is 2.94 bits per heavy atom. The second kappa shape index (κ2) is 5.63. The van der Waals surface area contributed by atoms with Crippen LogP contribution in [0.5, 0.6) is 0 Å². The number of aromatic nitrogens is 4. The Kier molecular flexibility index (Phi) is 3.93. The monoisotopic (exact) mass is 233 g/mol. The van der Waals surface area contributed by atoms with Crippen molar-refractivity contribution in [1.29, 1.82) is 0 Å². The number of nitrogens with one attached hydrogen (secondary N) is 1. The van der Waals surface area contributed by atoms with Crippen molar-refractivity contribution >= 4 is 0 Å². The van der Waals surface area contributed by atoms with Crippen molar-refractivity contribution in [3.8, 4) is 0 Å². The molecular formula is C12H19N5. The molecule has 0 aliphatic heterocycles. The average molecular weight is 233 g/mol. The molecule has 2 aromatic rings. The summed E-state index contributed by atoms with van der Waals surface area (Å²) in [5.74, 6) is 0. The van der Waals surface area contributed by atoms with Crippen molar-refractivity contribution in [1.82, 2.24) is 24.4 Å². The van der Waals surface area contributed by atoms with E-state index in [2.05, 4.69) is 33.0 Å². The third kappa shape index (κ3) is 3.17. The Morgan fingerprint density at radius 2 is 2.24 bits per heavy atom. The molecule has 5 heteroatoms. The molecule has 0 bridgehead atoms. The maximum Gasteiger partial charge on any atom is 0.0953 e. The first-order chi connectivity index (χ1) is 8.29. The summed E-state index contributed by atoms with van der Waals surface area (Å²) in [5, 5.41) is 3.34. The SMILES string of the molecule is CCCNCc1cn(Cc2cncn2C)cn1. The van der Waals surface area contributed by atoms with E-state index in [1.54, 1.807) is 0 Å². The molecule has 0 saturated heterocycles. The smallest absolute Gasteiger partial charge is 0.0953 e. The predicted molar refractivity (Wildman–Crippen MR) is 66.5 cm³/mol. The van der Waals surface area contributed by atoms with Gasteiger partial charge >= 0.3 is 0 Å². The van der Waals surface area contributed by atoms with Crippen LogP contribution >= 0.6 is 0 Å². The molecule has 2 aromatic heterocycles. The van der Waals surface area contributed by atoms with E-state index >= 15 is 0 Å². The second-order valence-corrected chi connectivity index (χ2v) is 4.21. The lowest BCUT2D eigenvalue weighted by Crippen LogP contribution is -2.13. The van der Waals surface area contributed by atoms with Crippen LogP contribution in [0.15, 0.2) is 25.0 Å². The second-order valence-electron chi connectivity index (χ2n) is 4.21. The lowest BCUT2D eigenvalue weighted by atomic mass is 10.4. The van der Waals surface area contributed by atoms with Gasteiger partial charge in [-0.05, 0) is 13.0 Å². The van der Waals surface area contributed by atoms with Crippen molar-refractivity contribution in [3.63, 3.8) is 0 Å². The van der Waals surface area contributed by atoms with Crippen LogP contribution in [0.25, 0.3) is 0 Å². The van der Waals surface area contributed by atoms with Gasteiger partial charge in [0.05, 0.1) is 30.6 Å². The van der Waals surface area contributed by atoms with E-state index in [1.807, 2.05) is 30.5 Å². The summed E-state index contributed by atoms with van der Waals surface area (Å²) in [7, 11) is 2.00. The zero-order valence-electron chi connectivity index (χ0n) is 10.4. The van der Waals surface area contributed by atoms with Crippen LogP contribution in [0.3, 0.4) is 0 Å². The van der Waals surface area contributed by atoms with Gasteiger partial charge in [-0.1, -0.05) is 6.92 Å². The molecule has 1 N–H and O–H groups in total. The van der Waals surface area contributed by atoms with Gasteiger partial charge in [-0.15, -0.1) is 0 Å². The molecular weight excluding hydrogens is 214 g/mol. The lowest BCUT2D eigenvalue weighted by molar-refractivity contribution is 0.664. The minimum absolute atomic E-state index is 0.817. The van der Waals surface area contributed by atoms with E-state index in [0.717, 1.165) is 31.7 Å².